The Morgan fingerprint density at radius 1 is 1.00 bits per heavy atom. The van der Waals surface area contributed by atoms with Crippen LogP contribution < -0.4 is 17.2 Å². The second-order valence-corrected chi connectivity index (χ2v) is 9.80. The van der Waals surface area contributed by atoms with Gasteiger partial charge in [0.05, 0.1) is 5.41 Å². The minimum atomic E-state index is -0.830. The van der Waals surface area contributed by atoms with Crippen LogP contribution in [0.5, 0.6) is 0 Å². The lowest BCUT2D eigenvalue weighted by atomic mass is 9.65. The smallest absolute Gasteiger partial charge is 0.248 e. The third-order valence-corrected chi connectivity index (χ3v) is 6.75. The minimum absolute atomic E-state index is 0.201. The molecule has 33 heavy (non-hydrogen) atoms. The van der Waals surface area contributed by atoms with Crippen molar-refractivity contribution in [1.29, 1.82) is 0 Å². The summed E-state index contributed by atoms with van der Waals surface area (Å²) in [4.78, 5) is 23.8. The third kappa shape index (κ3) is 3.89. The molecule has 0 unspecified atom stereocenters. The van der Waals surface area contributed by atoms with Crippen LogP contribution in [-0.2, 0) is 18.3 Å². The van der Waals surface area contributed by atoms with E-state index in [0.717, 1.165) is 22.3 Å². The summed E-state index contributed by atoms with van der Waals surface area (Å²) in [6, 6.07) is 10.7. The van der Waals surface area contributed by atoms with Crippen molar-refractivity contribution in [3.63, 3.8) is 0 Å². The van der Waals surface area contributed by atoms with E-state index in [1.54, 1.807) is 12.1 Å². The number of nitrogens with two attached hydrogens (primary N) is 3. The zero-order valence-corrected chi connectivity index (χ0v) is 19.1. The molecule has 9 heteroatoms. The molecule has 1 aliphatic rings. The van der Waals surface area contributed by atoms with Crippen molar-refractivity contribution in [1.82, 2.24) is 20.6 Å². The van der Waals surface area contributed by atoms with Gasteiger partial charge in [0.1, 0.15) is 0 Å². The number of rotatable bonds is 5. The molecule has 0 saturated heterocycles. The fourth-order valence-corrected chi connectivity index (χ4v) is 4.70. The minimum Gasteiger partial charge on any atom is -0.366 e. The van der Waals surface area contributed by atoms with E-state index < -0.39 is 17.2 Å². The first-order valence-corrected chi connectivity index (χ1v) is 10.9. The molecule has 0 spiro atoms. The highest BCUT2D eigenvalue weighted by Crippen LogP contribution is 2.48. The summed E-state index contributed by atoms with van der Waals surface area (Å²) in [6.07, 6.45) is 1.78. The number of nitrogens with zero attached hydrogens (tertiary/aromatic N) is 3. The van der Waals surface area contributed by atoms with Crippen molar-refractivity contribution < 1.29 is 9.59 Å². The Morgan fingerprint density at radius 3 is 1.91 bits per heavy atom. The van der Waals surface area contributed by atoms with E-state index in [0.29, 0.717) is 36.2 Å². The molecule has 3 aromatic rings. The van der Waals surface area contributed by atoms with Gasteiger partial charge in [-0.2, -0.15) is 0 Å². The normalized spacial score (nSPS) is 15.8. The van der Waals surface area contributed by atoms with Crippen LogP contribution in [0.25, 0.3) is 0 Å². The Kier molecular flexibility index (Phi) is 5.53. The SMILES string of the molecule is CC(C)(C)[C@H](N)CC1(c2nnn[nH]2)c2ccc(C(N)=O)cc2CCc2cc(C(N)=O)ccc21. The van der Waals surface area contributed by atoms with Crippen molar-refractivity contribution >= 4 is 11.8 Å². The molecular formula is C24H29N7O2. The van der Waals surface area contributed by atoms with E-state index in [1.165, 1.54) is 0 Å². The quantitative estimate of drug-likeness (QED) is 0.463. The first kappa shape index (κ1) is 22.6. The molecule has 1 aromatic heterocycles. The second kappa shape index (κ2) is 8.08. The predicted molar refractivity (Wildman–Crippen MR) is 123 cm³/mol. The first-order chi connectivity index (χ1) is 15.5. The Hall–Kier alpha value is -3.59. The highest BCUT2D eigenvalue weighted by molar-refractivity contribution is 5.94. The number of nitrogens with one attached hydrogen (secondary N) is 1. The number of primary amides is 2. The number of aromatic nitrogens is 4. The average Bonchev–Trinajstić information content (AvgIpc) is 3.26. The number of benzene rings is 2. The van der Waals surface area contributed by atoms with Crippen LogP contribution in [0.1, 0.15) is 76.0 Å². The van der Waals surface area contributed by atoms with Gasteiger partial charge in [-0.25, -0.2) is 5.10 Å². The van der Waals surface area contributed by atoms with Crippen LogP contribution >= 0.6 is 0 Å². The molecule has 1 heterocycles. The number of fused-ring (bicyclic) bond motifs is 2. The van der Waals surface area contributed by atoms with E-state index in [9.17, 15) is 9.59 Å². The molecule has 1 aliphatic carbocycles. The molecule has 0 saturated carbocycles. The molecule has 172 valence electrons. The van der Waals surface area contributed by atoms with Crippen molar-refractivity contribution in [3.05, 3.63) is 75.6 Å². The van der Waals surface area contributed by atoms with E-state index in [4.69, 9.17) is 17.2 Å². The van der Waals surface area contributed by atoms with Gasteiger partial charge in [0.25, 0.3) is 0 Å². The standard InChI is InChI=1S/C24H29N7O2/c1-23(2,3)19(25)12-24(22-28-30-31-29-22)17-8-6-15(20(26)32)10-13(17)4-5-14-11-16(21(27)33)7-9-18(14)24/h6-11,19H,4-5,12,25H2,1-3H3,(H2,26,32)(H2,27,33)(H,28,29,30,31)/t19-/m1/s1. The van der Waals surface area contributed by atoms with Crippen LogP contribution in [0.4, 0.5) is 0 Å². The molecule has 4 rings (SSSR count). The largest absolute Gasteiger partial charge is 0.366 e. The van der Waals surface area contributed by atoms with Gasteiger partial charge >= 0.3 is 0 Å². The summed E-state index contributed by atoms with van der Waals surface area (Å²) in [7, 11) is 0. The maximum atomic E-state index is 11.9. The highest BCUT2D eigenvalue weighted by atomic mass is 16.1. The van der Waals surface area contributed by atoms with Gasteiger partial charge in [-0.1, -0.05) is 32.9 Å². The van der Waals surface area contributed by atoms with E-state index in [2.05, 4.69) is 41.4 Å². The average molecular weight is 448 g/mol. The van der Waals surface area contributed by atoms with E-state index in [1.807, 2.05) is 24.3 Å². The van der Waals surface area contributed by atoms with Crippen molar-refractivity contribution in [2.75, 3.05) is 0 Å². The zero-order valence-electron chi connectivity index (χ0n) is 19.1. The number of carbonyl (C=O) groups is 2. The fourth-order valence-electron chi connectivity index (χ4n) is 4.70. The number of carbonyl (C=O) groups excluding carboxylic acids is 2. The summed E-state index contributed by atoms with van der Waals surface area (Å²) < 4.78 is 0. The van der Waals surface area contributed by atoms with Gasteiger partial charge in [-0.05, 0) is 81.6 Å². The molecular weight excluding hydrogens is 418 g/mol. The molecule has 9 nitrogen and oxygen atoms in total. The predicted octanol–water partition coefficient (Wildman–Crippen LogP) is 1.59. The van der Waals surface area contributed by atoms with Crippen molar-refractivity contribution in [2.24, 2.45) is 22.6 Å². The van der Waals surface area contributed by atoms with Crippen LogP contribution in [0, 0.1) is 5.41 Å². The van der Waals surface area contributed by atoms with E-state index >= 15 is 0 Å². The lowest BCUT2D eigenvalue weighted by Crippen LogP contribution is -2.44. The summed E-state index contributed by atoms with van der Waals surface area (Å²) in [6.45, 7) is 6.28. The molecule has 0 fully saturated rings. The molecule has 7 N–H and O–H groups in total. The van der Waals surface area contributed by atoms with Crippen LogP contribution in [-0.4, -0.2) is 38.5 Å². The zero-order chi connectivity index (χ0) is 24.0. The molecule has 1 atom stereocenters. The van der Waals surface area contributed by atoms with Gasteiger partial charge in [0, 0.05) is 17.2 Å². The second-order valence-electron chi connectivity index (χ2n) is 9.80. The number of hydrogen-bond acceptors (Lipinski definition) is 6. The maximum absolute atomic E-state index is 11.9. The maximum Gasteiger partial charge on any atom is 0.248 e. The van der Waals surface area contributed by atoms with Gasteiger partial charge in [-0.3, -0.25) is 9.59 Å². The summed E-state index contributed by atoms with van der Waals surface area (Å²) in [5.74, 6) is -0.437. The topological polar surface area (TPSA) is 167 Å². The number of amides is 2. The van der Waals surface area contributed by atoms with Crippen LogP contribution in [0.2, 0.25) is 0 Å². The van der Waals surface area contributed by atoms with Crippen LogP contribution in [0.3, 0.4) is 0 Å². The monoisotopic (exact) mass is 447 g/mol. The number of hydrogen-bond donors (Lipinski definition) is 4. The van der Waals surface area contributed by atoms with Crippen molar-refractivity contribution in [3.8, 4) is 0 Å². The number of aryl methyl sites for hydroxylation is 2. The number of aromatic amines is 1. The first-order valence-electron chi connectivity index (χ1n) is 10.9. The Balaban J connectivity index is 2.07. The Bertz CT molecular complexity index is 1150. The lowest BCUT2D eigenvalue weighted by molar-refractivity contribution is 0.0991. The third-order valence-electron chi connectivity index (χ3n) is 6.75. The summed E-state index contributed by atoms with van der Waals surface area (Å²) >= 11 is 0. The Morgan fingerprint density at radius 2 is 1.52 bits per heavy atom. The van der Waals surface area contributed by atoms with Gasteiger partial charge in [0.15, 0.2) is 5.82 Å². The number of H-pyrrole nitrogens is 1. The molecule has 0 aliphatic heterocycles. The highest BCUT2D eigenvalue weighted by Gasteiger charge is 2.46. The van der Waals surface area contributed by atoms with Crippen molar-refractivity contribution in [2.45, 2.75) is 51.5 Å². The van der Waals surface area contributed by atoms with Gasteiger partial charge in [0.2, 0.25) is 11.8 Å². The van der Waals surface area contributed by atoms with Gasteiger partial charge in [-0.15, -0.1) is 5.10 Å². The molecule has 0 bridgehead atoms. The fraction of sp³-hybridized carbons (Fsp3) is 0.375. The summed E-state index contributed by atoms with van der Waals surface area (Å²) in [5.41, 5.74) is 21.6. The van der Waals surface area contributed by atoms with E-state index in [-0.39, 0.29) is 11.5 Å². The van der Waals surface area contributed by atoms with Crippen LogP contribution in [0.15, 0.2) is 36.4 Å². The summed E-state index contributed by atoms with van der Waals surface area (Å²) in [5, 5.41) is 15.1. The molecule has 0 radical (unpaired) electrons. The molecule has 2 aromatic carbocycles. The Labute approximate surface area is 192 Å². The lowest BCUT2D eigenvalue weighted by Gasteiger charge is -2.40. The number of tetrazole rings is 1. The van der Waals surface area contributed by atoms with Gasteiger partial charge < -0.3 is 17.2 Å². The molecule has 2 amide bonds.